The summed E-state index contributed by atoms with van der Waals surface area (Å²) in [6.45, 7) is 5.02. The lowest BCUT2D eigenvalue weighted by molar-refractivity contribution is -0.143. The third-order valence-corrected chi connectivity index (χ3v) is 2.88. The predicted octanol–water partition coefficient (Wildman–Crippen LogP) is 1.56. The Morgan fingerprint density at radius 3 is 2.62 bits per heavy atom. The van der Waals surface area contributed by atoms with Gasteiger partial charge in [-0.1, -0.05) is 13.3 Å². The molecule has 1 unspecified atom stereocenters. The number of methoxy groups -OCH3 is 1. The number of amides is 2. The van der Waals surface area contributed by atoms with Crippen molar-refractivity contribution in [2.75, 3.05) is 12.4 Å². The number of carboxylic acids is 1. The number of carbonyl (C=O) groups is 2. The number of hydrogen-bond acceptors (Lipinski definition) is 5. The lowest BCUT2D eigenvalue weighted by Gasteiger charge is -2.25. The van der Waals surface area contributed by atoms with Gasteiger partial charge in [-0.2, -0.15) is 4.98 Å². The van der Waals surface area contributed by atoms with E-state index in [2.05, 4.69) is 20.6 Å². The smallest absolute Gasteiger partial charge is 0.329 e. The van der Waals surface area contributed by atoms with E-state index in [1.807, 2.05) is 6.92 Å². The highest BCUT2D eigenvalue weighted by atomic mass is 16.5. The van der Waals surface area contributed by atoms with Crippen LogP contribution in [0, 0.1) is 6.92 Å². The van der Waals surface area contributed by atoms with Crippen molar-refractivity contribution in [1.82, 2.24) is 15.3 Å². The molecule has 1 heterocycles. The average Bonchev–Trinajstić information content (AvgIpc) is 2.37. The molecule has 0 spiro atoms. The molecule has 0 aliphatic carbocycles. The molecule has 1 aromatic rings. The summed E-state index contributed by atoms with van der Waals surface area (Å²) < 4.78 is 4.98. The monoisotopic (exact) mass is 296 g/mol. The van der Waals surface area contributed by atoms with Gasteiger partial charge in [-0.3, -0.25) is 5.32 Å². The van der Waals surface area contributed by atoms with Crippen LogP contribution in [0.15, 0.2) is 6.07 Å². The van der Waals surface area contributed by atoms with Gasteiger partial charge < -0.3 is 15.2 Å². The first kappa shape index (κ1) is 16.7. The molecular weight excluding hydrogens is 276 g/mol. The zero-order chi connectivity index (χ0) is 16.0. The molecule has 3 N–H and O–H groups in total. The fourth-order valence-electron chi connectivity index (χ4n) is 1.81. The van der Waals surface area contributed by atoms with Crippen LogP contribution in [0.5, 0.6) is 5.88 Å². The van der Waals surface area contributed by atoms with E-state index in [0.29, 0.717) is 24.4 Å². The van der Waals surface area contributed by atoms with Crippen LogP contribution >= 0.6 is 0 Å². The van der Waals surface area contributed by atoms with Crippen molar-refractivity contribution in [1.29, 1.82) is 0 Å². The first-order valence-electron chi connectivity index (χ1n) is 6.53. The number of nitrogens with zero attached hydrogens (tertiary/aromatic N) is 2. The quantitative estimate of drug-likeness (QED) is 0.734. The number of aryl methyl sites for hydroxylation is 1. The summed E-state index contributed by atoms with van der Waals surface area (Å²) in [5, 5.41) is 14.1. The Bertz CT molecular complexity index is 535. The first-order chi connectivity index (χ1) is 9.80. The molecule has 0 fully saturated rings. The van der Waals surface area contributed by atoms with E-state index in [1.54, 1.807) is 13.0 Å². The maximum Gasteiger partial charge on any atom is 0.329 e. The van der Waals surface area contributed by atoms with Crippen molar-refractivity contribution in [2.45, 2.75) is 39.2 Å². The molecule has 8 heteroatoms. The lowest BCUT2D eigenvalue weighted by atomic mass is 9.97. The summed E-state index contributed by atoms with van der Waals surface area (Å²) in [7, 11) is 1.45. The van der Waals surface area contributed by atoms with Crippen LogP contribution in [0.4, 0.5) is 10.7 Å². The minimum atomic E-state index is -1.34. The summed E-state index contributed by atoms with van der Waals surface area (Å²) in [6.07, 6.45) is 0.936. The highest BCUT2D eigenvalue weighted by molar-refractivity contribution is 5.92. The van der Waals surface area contributed by atoms with Gasteiger partial charge in [0.05, 0.1) is 7.11 Å². The van der Waals surface area contributed by atoms with Crippen LogP contribution < -0.4 is 15.4 Å². The summed E-state index contributed by atoms with van der Waals surface area (Å²) in [5.74, 6) is -0.733. The Labute approximate surface area is 122 Å². The molecule has 0 saturated carbocycles. The van der Waals surface area contributed by atoms with Gasteiger partial charge in [0, 0.05) is 11.8 Å². The van der Waals surface area contributed by atoms with Gasteiger partial charge in [-0.05, 0) is 20.3 Å². The summed E-state index contributed by atoms with van der Waals surface area (Å²) in [6, 6.07) is 0.933. The first-order valence-corrected chi connectivity index (χ1v) is 6.53. The number of urea groups is 1. The highest BCUT2D eigenvalue weighted by Crippen LogP contribution is 2.14. The molecule has 1 rings (SSSR count). The van der Waals surface area contributed by atoms with Crippen LogP contribution in [0.25, 0.3) is 0 Å². The van der Waals surface area contributed by atoms with E-state index in [1.165, 1.54) is 14.0 Å². The molecule has 2 amide bonds. The number of hydrogen-bond donors (Lipinski definition) is 3. The van der Waals surface area contributed by atoms with Gasteiger partial charge in [0.15, 0.2) is 0 Å². The van der Waals surface area contributed by atoms with Gasteiger partial charge in [0.2, 0.25) is 11.8 Å². The normalized spacial score (nSPS) is 13.1. The maximum absolute atomic E-state index is 11.9. The molecule has 0 aromatic carbocycles. The fourth-order valence-corrected chi connectivity index (χ4v) is 1.81. The third kappa shape index (κ3) is 4.59. The minimum absolute atomic E-state index is 0.0496. The predicted molar refractivity (Wildman–Crippen MR) is 76.4 cm³/mol. The van der Waals surface area contributed by atoms with Crippen molar-refractivity contribution < 1.29 is 19.4 Å². The number of rotatable bonds is 6. The Hall–Kier alpha value is -2.38. The maximum atomic E-state index is 11.9. The average molecular weight is 296 g/mol. The number of nitrogens with one attached hydrogen (secondary N) is 2. The van der Waals surface area contributed by atoms with Crippen LogP contribution in [0.1, 0.15) is 32.4 Å². The fraction of sp³-hybridized carbons (Fsp3) is 0.538. The highest BCUT2D eigenvalue weighted by Gasteiger charge is 2.34. The molecule has 0 saturated heterocycles. The molecule has 0 radical (unpaired) electrons. The molecule has 116 valence electrons. The van der Waals surface area contributed by atoms with Gasteiger partial charge in [0.25, 0.3) is 0 Å². The van der Waals surface area contributed by atoms with E-state index >= 15 is 0 Å². The molecular formula is C13H20N4O4. The molecule has 0 aliphatic heterocycles. The van der Waals surface area contributed by atoms with E-state index in [4.69, 9.17) is 4.74 Å². The summed E-state index contributed by atoms with van der Waals surface area (Å²) in [4.78, 5) is 31.2. The Kier molecular flexibility index (Phi) is 5.45. The van der Waals surface area contributed by atoms with Crippen molar-refractivity contribution >= 4 is 17.9 Å². The number of ether oxygens (including phenoxy) is 1. The van der Waals surface area contributed by atoms with Crippen LogP contribution in [-0.2, 0) is 4.79 Å². The van der Waals surface area contributed by atoms with Gasteiger partial charge >= 0.3 is 12.0 Å². The summed E-state index contributed by atoms with van der Waals surface area (Å²) in [5.41, 5.74) is -0.723. The zero-order valence-electron chi connectivity index (χ0n) is 12.6. The number of carbonyl (C=O) groups excluding carboxylic acids is 1. The standard InChI is InChI=1S/C13H20N4O4/c1-5-6-13(3,10(18)19)17-12(20)16-11-14-8(2)7-9(15-11)21-4/h7H,5-6H2,1-4H3,(H,18,19)(H2,14,15,16,17,20). The second-order valence-corrected chi connectivity index (χ2v) is 4.84. The van der Waals surface area contributed by atoms with Crippen LogP contribution in [0.3, 0.4) is 0 Å². The SMILES string of the molecule is CCCC(C)(NC(=O)Nc1nc(C)cc(OC)n1)C(=O)O. The topological polar surface area (TPSA) is 113 Å². The minimum Gasteiger partial charge on any atom is -0.481 e. The number of anilines is 1. The zero-order valence-corrected chi connectivity index (χ0v) is 12.6. The van der Waals surface area contributed by atoms with E-state index < -0.39 is 17.5 Å². The van der Waals surface area contributed by atoms with Crippen molar-refractivity contribution in [3.8, 4) is 5.88 Å². The summed E-state index contributed by atoms with van der Waals surface area (Å²) >= 11 is 0. The second kappa shape index (κ2) is 6.87. The number of aliphatic carboxylic acids is 1. The van der Waals surface area contributed by atoms with Crippen LogP contribution in [-0.4, -0.2) is 39.7 Å². The molecule has 1 aromatic heterocycles. The Balaban J connectivity index is 2.81. The Morgan fingerprint density at radius 2 is 2.10 bits per heavy atom. The van der Waals surface area contributed by atoms with Crippen molar-refractivity contribution in [2.24, 2.45) is 0 Å². The van der Waals surface area contributed by atoms with Gasteiger partial charge in [-0.25, -0.2) is 14.6 Å². The molecule has 1 atom stereocenters. The van der Waals surface area contributed by atoms with Crippen LogP contribution in [0.2, 0.25) is 0 Å². The van der Waals surface area contributed by atoms with E-state index in [0.717, 1.165) is 0 Å². The Morgan fingerprint density at radius 1 is 1.43 bits per heavy atom. The van der Waals surface area contributed by atoms with Crippen molar-refractivity contribution in [3.05, 3.63) is 11.8 Å². The second-order valence-electron chi connectivity index (χ2n) is 4.84. The van der Waals surface area contributed by atoms with Gasteiger partial charge in [0.1, 0.15) is 5.54 Å². The van der Waals surface area contributed by atoms with Gasteiger partial charge in [-0.15, -0.1) is 0 Å². The lowest BCUT2D eigenvalue weighted by Crippen LogP contribution is -2.53. The third-order valence-electron chi connectivity index (χ3n) is 2.88. The molecule has 0 bridgehead atoms. The molecule has 8 nitrogen and oxygen atoms in total. The number of carboxylic acid groups (broad SMARTS) is 1. The number of aromatic nitrogens is 2. The molecule has 21 heavy (non-hydrogen) atoms. The van der Waals surface area contributed by atoms with E-state index in [-0.39, 0.29) is 5.95 Å². The van der Waals surface area contributed by atoms with Crippen molar-refractivity contribution in [3.63, 3.8) is 0 Å². The van der Waals surface area contributed by atoms with E-state index in [9.17, 15) is 14.7 Å². The largest absolute Gasteiger partial charge is 0.481 e. The molecule has 0 aliphatic rings.